The summed E-state index contributed by atoms with van der Waals surface area (Å²) >= 11 is 0. The first-order valence-corrected chi connectivity index (χ1v) is 6.06. The zero-order valence-corrected chi connectivity index (χ0v) is 10.3. The molecule has 90 valence electrons. The number of amides is 1. The van der Waals surface area contributed by atoms with E-state index in [1.807, 2.05) is 30.5 Å². The molecule has 0 aliphatic heterocycles. The molecule has 3 heteroatoms. The van der Waals surface area contributed by atoms with Crippen LogP contribution in [0, 0.1) is 5.92 Å². The minimum absolute atomic E-state index is 0.00153. The van der Waals surface area contributed by atoms with Crippen LogP contribution >= 0.6 is 0 Å². The second-order valence-corrected chi connectivity index (χ2v) is 4.47. The molecular formula is C14H18N2O. The molecule has 1 aromatic heterocycles. The standard InChI is InChI=1S/C14H18N2O/c1-3-10(2)9-16-14(17)12-6-4-5-11-7-8-15-13(11)12/h4-8,10,15H,3,9H2,1-2H3,(H,16,17). The van der Waals surface area contributed by atoms with Crippen molar-refractivity contribution in [1.82, 2.24) is 10.3 Å². The van der Waals surface area contributed by atoms with Crippen LogP contribution in [0.15, 0.2) is 30.5 Å². The predicted octanol–water partition coefficient (Wildman–Crippen LogP) is 2.94. The Hall–Kier alpha value is -1.77. The first-order chi connectivity index (χ1) is 8.22. The Bertz CT molecular complexity index is 516. The first-order valence-electron chi connectivity index (χ1n) is 6.06. The third-order valence-electron chi connectivity index (χ3n) is 3.14. The van der Waals surface area contributed by atoms with Crippen LogP contribution in [-0.2, 0) is 0 Å². The molecule has 0 bridgehead atoms. The molecule has 2 aromatic rings. The van der Waals surface area contributed by atoms with Crippen LogP contribution in [0.3, 0.4) is 0 Å². The van der Waals surface area contributed by atoms with Crippen LogP contribution in [0.4, 0.5) is 0 Å². The molecule has 0 aliphatic carbocycles. The van der Waals surface area contributed by atoms with E-state index in [-0.39, 0.29) is 5.91 Å². The lowest BCUT2D eigenvalue weighted by atomic mass is 10.1. The molecular weight excluding hydrogens is 212 g/mol. The summed E-state index contributed by atoms with van der Waals surface area (Å²) in [6.07, 6.45) is 2.93. The number of carbonyl (C=O) groups excluding carboxylic acids is 1. The molecule has 1 heterocycles. The van der Waals surface area contributed by atoms with E-state index in [1.54, 1.807) is 0 Å². The molecule has 0 aliphatic rings. The normalized spacial score (nSPS) is 12.6. The maximum Gasteiger partial charge on any atom is 0.253 e. The van der Waals surface area contributed by atoms with Crippen LogP contribution in [0.5, 0.6) is 0 Å². The lowest BCUT2D eigenvalue weighted by Crippen LogP contribution is -2.28. The van der Waals surface area contributed by atoms with Gasteiger partial charge in [0.1, 0.15) is 0 Å². The molecule has 0 radical (unpaired) electrons. The number of rotatable bonds is 4. The van der Waals surface area contributed by atoms with Crippen molar-refractivity contribution < 1.29 is 4.79 Å². The van der Waals surface area contributed by atoms with Crippen LogP contribution in [0.1, 0.15) is 30.6 Å². The Morgan fingerprint density at radius 1 is 1.41 bits per heavy atom. The van der Waals surface area contributed by atoms with Gasteiger partial charge in [0.25, 0.3) is 5.91 Å². The molecule has 2 N–H and O–H groups in total. The molecule has 0 spiro atoms. The SMILES string of the molecule is CCC(C)CNC(=O)c1cccc2cc[nH]c12. The minimum Gasteiger partial charge on any atom is -0.361 e. The van der Waals surface area contributed by atoms with Gasteiger partial charge in [-0.05, 0) is 18.1 Å². The molecule has 1 amide bonds. The lowest BCUT2D eigenvalue weighted by Gasteiger charge is -2.10. The fourth-order valence-electron chi connectivity index (χ4n) is 1.78. The molecule has 2 rings (SSSR count). The Labute approximate surface area is 101 Å². The lowest BCUT2D eigenvalue weighted by molar-refractivity contribution is 0.0949. The third-order valence-corrected chi connectivity index (χ3v) is 3.14. The monoisotopic (exact) mass is 230 g/mol. The largest absolute Gasteiger partial charge is 0.361 e. The number of aromatic amines is 1. The molecule has 1 aromatic carbocycles. The molecule has 0 saturated heterocycles. The Balaban J connectivity index is 2.16. The summed E-state index contributed by atoms with van der Waals surface area (Å²) in [5.74, 6) is 0.514. The number of fused-ring (bicyclic) bond motifs is 1. The van der Waals surface area contributed by atoms with E-state index in [2.05, 4.69) is 24.1 Å². The van der Waals surface area contributed by atoms with E-state index < -0.39 is 0 Å². The zero-order chi connectivity index (χ0) is 12.3. The topological polar surface area (TPSA) is 44.9 Å². The van der Waals surface area contributed by atoms with Crippen LogP contribution in [0.2, 0.25) is 0 Å². The van der Waals surface area contributed by atoms with Crippen molar-refractivity contribution in [1.29, 1.82) is 0 Å². The van der Waals surface area contributed by atoms with Gasteiger partial charge in [0.2, 0.25) is 0 Å². The summed E-state index contributed by atoms with van der Waals surface area (Å²) in [5.41, 5.74) is 1.63. The second kappa shape index (κ2) is 5.04. The maximum atomic E-state index is 12.0. The maximum absolute atomic E-state index is 12.0. The van der Waals surface area contributed by atoms with Crippen LogP contribution < -0.4 is 5.32 Å². The van der Waals surface area contributed by atoms with Crippen molar-refractivity contribution in [3.05, 3.63) is 36.0 Å². The third kappa shape index (κ3) is 2.49. The zero-order valence-electron chi connectivity index (χ0n) is 10.3. The number of hydrogen-bond donors (Lipinski definition) is 2. The van der Waals surface area contributed by atoms with Gasteiger partial charge >= 0.3 is 0 Å². The summed E-state index contributed by atoms with van der Waals surface area (Å²) in [6.45, 7) is 4.99. The van der Waals surface area contributed by atoms with Gasteiger partial charge in [-0.15, -0.1) is 0 Å². The number of benzene rings is 1. The number of nitrogens with one attached hydrogen (secondary N) is 2. The second-order valence-electron chi connectivity index (χ2n) is 4.47. The summed E-state index contributed by atoms with van der Waals surface area (Å²) in [5, 5.41) is 4.04. The van der Waals surface area contributed by atoms with Crippen molar-refractivity contribution >= 4 is 16.8 Å². The number of carbonyl (C=O) groups is 1. The van der Waals surface area contributed by atoms with Crippen LogP contribution in [-0.4, -0.2) is 17.4 Å². The number of hydrogen-bond acceptors (Lipinski definition) is 1. The van der Waals surface area contributed by atoms with Crippen molar-refractivity contribution in [3.8, 4) is 0 Å². The van der Waals surface area contributed by atoms with Crippen molar-refractivity contribution in [2.45, 2.75) is 20.3 Å². The summed E-state index contributed by atoms with van der Waals surface area (Å²) < 4.78 is 0. The number of para-hydroxylation sites is 1. The summed E-state index contributed by atoms with van der Waals surface area (Å²) in [7, 11) is 0. The average Bonchev–Trinajstić information content (AvgIpc) is 2.83. The fraction of sp³-hybridized carbons (Fsp3) is 0.357. The first kappa shape index (κ1) is 11.7. The fourth-order valence-corrected chi connectivity index (χ4v) is 1.78. The van der Waals surface area contributed by atoms with Gasteiger partial charge in [-0.1, -0.05) is 32.4 Å². The Kier molecular flexibility index (Phi) is 3.47. The van der Waals surface area contributed by atoms with Crippen molar-refractivity contribution in [2.24, 2.45) is 5.92 Å². The van der Waals surface area contributed by atoms with E-state index in [4.69, 9.17) is 0 Å². The van der Waals surface area contributed by atoms with E-state index in [9.17, 15) is 4.79 Å². The smallest absolute Gasteiger partial charge is 0.253 e. The molecule has 3 nitrogen and oxygen atoms in total. The highest BCUT2D eigenvalue weighted by atomic mass is 16.1. The van der Waals surface area contributed by atoms with E-state index in [0.717, 1.165) is 29.4 Å². The summed E-state index contributed by atoms with van der Waals surface area (Å²) in [4.78, 5) is 15.2. The number of H-pyrrole nitrogens is 1. The highest BCUT2D eigenvalue weighted by Gasteiger charge is 2.10. The van der Waals surface area contributed by atoms with E-state index in [1.165, 1.54) is 0 Å². The van der Waals surface area contributed by atoms with E-state index in [0.29, 0.717) is 5.92 Å². The quantitative estimate of drug-likeness (QED) is 0.833. The molecule has 1 unspecified atom stereocenters. The Morgan fingerprint density at radius 3 is 3.00 bits per heavy atom. The van der Waals surface area contributed by atoms with Crippen molar-refractivity contribution in [2.75, 3.05) is 6.54 Å². The summed E-state index contributed by atoms with van der Waals surface area (Å²) in [6, 6.07) is 7.73. The van der Waals surface area contributed by atoms with Gasteiger partial charge in [0.05, 0.1) is 11.1 Å². The molecule has 0 saturated carbocycles. The minimum atomic E-state index is -0.00153. The molecule has 0 fully saturated rings. The van der Waals surface area contributed by atoms with Crippen molar-refractivity contribution in [3.63, 3.8) is 0 Å². The average molecular weight is 230 g/mol. The Morgan fingerprint density at radius 2 is 2.24 bits per heavy atom. The predicted molar refractivity (Wildman–Crippen MR) is 70.1 cm³/mol. The van der Waals surface area contributed by atoms with Gasteiger partial charge in [0, 0.05) is 18.1 Å². The highest BCUT2D eigenvalue weighted by molar-refractivity contribution is 6.05. The highest BCUT2D eigenvalue weighted by Crippen LogP contribution is 2.16. The molecule has 17 heavy (non-hydrogen) atoms. The number of aromatic nitrogens is 1. The van der Waals surface area contributed by atoms with Gasteiger partial charge in [-0.25, -0.2) is 0 Å². The van der Waals surface area contributed by atoms with E-state index >= 15 is 0 Å². The van der Waals surface area contributed by atoms with Gasteiger partial charge in [-0.3, -0.25) is 4.79 Å². The van der Waals surface area contributed by atoms with Gasteiger partial charge in [-0.2, -0.15) is 0 Å². The van der Waals surface area contributed by atoms with Crippen LogP contribution in [0.25, 0.3) is 10.9 Å². The van der Waals surface area contributed by atoms with Gasteiger partial charge in [0.15, 0.2) is 0 Å². The molecule has 1 atom stereocenters. The van der Waals surface area contributed by atoms with Gasteiger partial charge < -0.3 is 10.3 Å².